The second kappa shape index (κ2) is 8.96. The maximum atomic E-state index is 12.9. The number of phenolic OH excluding ortho intramolecular Hbond substituents is 1. The minimum atomic E-state index is -0.935. The second-order valence-electron chi connectivity index (χ2n) is 9.17. The average molecular weight is 437 g/mol. The Kier molecular flexibility index (Phi) is 6.26. The molecule has 2 N–H and O–H groups in total. The summed E-state index contributed by atoms with van der Waals surface area (Å²) < 4.78 is 5.06. The van der Waals surface area contributed by atoms with Gasteiger partial charge in [0.1, 0.15) is 5.75 Å². The molecule has 2 aliphatic rings. The Morgan fingerprint density at radius 3 is 2.94 bits per heavy atom. The number of fused-ring (bicyclic) bond motifs is 1. The summed E-state index contributed by atoms with van der Waals surface area (Å²) in [6.07, 6.45) is 11.1. The van der Waals surface area contributed by atoms with Gasteiger partial charge in [-0.2, -0.15) is 0 Å². The Morgan fingerprint density at radius 2 is 2.22 bits per heavy atom. The highest BCUT2D eigenvalue weighted by atomic mass is 16.3. The number of rotatable bonds is 6. The highest BCUT2D eigenvalue weighted by Crippen LogP contribution is 2.52. The number of nitrogens with zero attached hydrogens (tertiary/aromatic N) is 2. The highest BCUT2D eigenvalue weighted by molar-refractivity contribution is 5.91. The molecule has 2 heterocycles. The summed E-state index contributed by atoms with van der Waals surface area (Å²) in [7, 11) is 1.83. The standard InChI is InChI=1S/C26H32N2O4/c1-3-13-28-14-12-25(21-5-4-6-23(29)16-21)17-22(9-11-26(25,31)19-28)27(2)24(30)8-7-20-10-15-32-18-20/h3-8,10,15-16,18,22,29,31H,1,9,11-14,17,19H2,2H3/b8-7+/t22-,25-,26-/m0/s1. The molecule has 1 amide bonds. The van der Waals surface area contributed by atoms with Crippen molar-refractivity contribution in [1.29, 1.82) is 0 Å². The minimum absolute atomic E-state index is 0.00919. The van der Waals surface area contributed by atoms with E-state index in [1.165, 1.54) is 0 Å². The molecule has 0 radical (unpaired) electrons. The molecule has 0 bridgehead atoms. The van der Waals surface area contributed by atoms with Crippen molar-refractivity contribution in [2.75, 3.05) is 26.7 Å². The number of likely N-dealkylation sites (tertiary alicyclic amines) is 1. The Hall–Kier alpha value is -2.83. The van der Waals surface area contributed by atoms with Gasteiger partial charge in [0.2, 0.25) is 5.91 Å². The van der Waals surface area contributed by atoms with E-state index in [1.54, 1.807) is 47.8 Å². The number of amides is 1. The summed E-state index contributed by atoms with van der Waals surface area (Å²) in [5.41, 5.74) is 0.317. The van der Waals surface area contributed by atoms with Crippen molar-refractivity contribution in [2.45, 2.75) is 42.7 Å². The topological polar surface area (TPSA) is 77.2 Å². The fourth-order valence-electron chi connectivity index (χ4n) is 5.54. The number of likely N-dealkylation sites (N-methyl/N-ethyl adjacent to an activating group) is 1. The molecule has 2 fully saturated rings. The van der Waals surface area contributed by atoms with Gasteiger partial charge in [-0.05, 0) is 62.1 Å². The van der Waals surface area contributed by atoms with Crippen LogP contribution in [0.5, 0.6) is 5.75 Å². The number of piperidine rings is 1. The SMILES string of the molecule is C=CCN1CC[C@@]2(c3cccc(O)c3)C[C@@H](N(C)C(=O)/C=C/c3ccoc3)CC[C@]2(O)C1. The van der Waals surface area contributed by atoms with Gasteiger partial charge in [0.15, 0.2) is 0 Å². The summed E-state index contributed by atoms with van der Waals surface area (Å²) >= 11 is 0. The fourth-order valence-corrected chi connectivity index (χ4v) is 5.54. The van der Waals surface area contributed by atoms with Crippen molar-refractivity contribution in [1.82, 2.24) is 9.80 Å². The van der Waals surface area contributed by atoms with Crippen LogP contribution in [0.25, 0.3) is 6.08 Å². The molecule has 1 aromatic carbocycles. The highest BCUT2D eigenvalue weighted by Gasteiger charge is 2.58. The smallest absolute Gasteiger partial charge is 0.246 e. The van der Waals surface area contributed by atoms with Gasteiger partial charge in [-0.3, -0.25) is 9.69 Å². The molecule has 1 saturated carbocycles. The molecular formula is C26H32N2O4. The Balaban J connectivity index is 1.61. The predicted octanol–water partition coefficient (Wildman–Crippen LogP) is 3.57. The number of carbonyl (C=O) groups is 1. The molecule has 0 spiro atoms. The zero-order chi connectivity index (χ0) is 22.8. The molecule has 2 aromatic rings. The van der Waals surface area contributed by atoms with Gasteiger partial charge >= 0.3 is 0 Å². The number of aliphatic hydroxyl groups is 1. The van der Waals surface area contributed by atoms with Crippen LogP contribution in [0.2, 0.25) is 0 Å². The number of hydrogen-bond donors (Lipinski definition) is 2. The summed E-state index contributed by atoms with van der Waals surface area (Å²) in [6, 6.07) is 9.06. The van der Waals surface area contributed by atoms with E-state index in [4.69, 9.17) is 4.42 Å². The van der Waals surface area contributed by atoms with Crippen LogP contribution in [-0.4, -0.2) is 64.2 Å². The number of furan rings is 1. The van der Waals surface area contributed by atoms with E-state index in [0.29, 0.717) is 19.4 Å². The third kappa shape index (κ3) is 4.12. The van der Waals surface area contributed by atoms with E-state index in [9.17, 15) is 15.0 Å². The van der Waals surface area contributed by atoms with Gasteiger partial charge in [-0.1, -0.05) is 18.2 Å². The lowest BCUT2D eigenvalue weighted by atomic mass is 9.55. The summed E-state index contributed by atoms with van der Waals surface area (Å²) in [6.45, 7) is 5.96. The fraction of sp³-hybridized carbons (Fsp3) is 0.423. The van der Waals surface area contributed by atoms with E-state index >= 15 is 0 Å². The van der Waals surface area contributed by atoms with Gasteiger partial charge in [-0.25, -0.2) is 0 Å². The van der Waals surface area contributed by atoms with E-state index in [0.717, 1.165) is 37.1 Å². The summed E-state index contributed by atoms with van der Waals surface area (Å²) in [5, 5.41) is 22.2. The first kappa shape index (κ1) is 22.4. The molecule has 6 heteroatoms. The zero-order valence-corrected chi connectivity index (χ0v) is 18.6. The summed E-state index contributed by atoms with van der Waals surface area (Å²) in [4.78, 5) is 16.9. The normalized spacial score (nSPS) is 28.4. The summed E-state index contributed by atoms with van der Waals surface area (Å²) in [5.74, 6) is 0.124. The first-order chi connectivity index (χ1) is 15.4. The van der Waals surface area contributed by atoms with Gasteiger partial charge < -0.3 is 19.5 Å². The molecule has 3 atom stereocenters. The number of hydrogen-bond acceptors (Lipinski definition) is 5. The van der Waals surface area contributed by atoms with Gasteiger partial charge in [0.05, 0.1) is 18.1 Å². The molecular weight excluding hydrogens is 404 g/mol. The lowest BCUT2D eigenvalue weighted by molar-refractivity contribution is -0.143. The molecule has 1 aliphatic carbocycles. The maximum Gasteiger partial charge on any atom is 0.246 e. The molecule has 6 nitrogen and oxygen atoms in total. The van der Waals surface area contributed by atoms with E-state index in [1.807, 2.05) is 25.3 Å². The first-order valence-corrected chi connectivity index (χ1v) is 11.2. The average Bonchev–Trinajstić information content (AvgIpc) is 3.30. The van der Waals surface area contributed by atoms with Crippen LogP contribution >= 0.6 is 0 Å². The quantitative estimate of drug-likeness (QED) is 0.535. The second-order valence-corrected chi connectivity index (χ2v) is 9.17. The third-order valence-corrected chi connectivity index (χ3v) is 7.35. The molecule has 32 heavy (non-hydrogen) atoms. The van der Waals surface area contributed by atoms with Gasteiger partial charge in [0.25, 0.3) is 0 Å². The molecule has 0 unspecified atom stereocenters. The van der Waals surface area contributed by atoms with Crippen LogP contribution < -0.4 is 0 Å². The largest absolute Gasteiger partial charge is 0.508 e. The minimum Gasteiger partial charge on any atom is -0.508 e. The third-order valence-electron chi connectivity index (χ3n) is 7.35. The van der Waals surface area contributed by atoms with Crippen molar-refractivity contribution in [3.05, 3.63) is 72.7 Å². The predicted molar refractivity (Wildman–Crippen MR) is 124 cm³/mol. The monoisotopic (exact) mass is 436 g/mol. The van der Waals surface area contributed by atoms with Gasteiger partial charge in [0, 0.05) is 43.2 Å². The van der Waals surface area contributed by atoms with Crippen LogP contribution in [0.15, 0.2) is 66.0 Å². The van der Waals surface area contributed by atoms with Crippen molar-refractivity contribution >= 4 is 12.0 Å². The first-order valence-electron chi connectivity index (χ1n) is 11.2. The van der Waals surface area contributed by atoms with Crippen molar-refractivity contribution in [3.8, 4) is 5.75 Å². The maximum absolute atomic E-state index is 12.9. The number of aromatic hydroxyl groups is 1. The molecule has 1 aromatic heterocycles. The number of phenols is 1. The Bertz CT molecular complexity index is 985. The van der Waals surface area contributed by atoms with Crippen LogP contribution in [0, 0.1) is 0 Å². The molecule has 170 valence electrons. The van der Waals surface area contributed by atoms with Crippen molar-refractivity contribution in [3.63, 3.8) is 0 Å². The lowest BCUT2D eigenvalue weighted by Crippen LogP contribution is -2.67. The van der Waals surface area contributed by atoms with Crippen LogP contribution in [0.4, 0.5) is 0 Å². The van der Waals surface area contributed by atoms with Crippen molar-refractivity contribution in [2.24, 2.45) is 0 Å². The number of carbonyl (C=O) groups excluding carboxylic acids is 1. The van der Waals surface area contributed by atoms with Crippen LogP contribution in [0.1, 0.15) is 36.8 Å². The number of benzene rings is 1. The van der Waals surface area contributed by atoms with Crippen molar-refractivity contribution < 1.29 is 19.4 Å². The van der Waals surface area contributed by atoms with Crippen LogP contribution in [-0.2, 0) is 10.2 Å². The van der Waals surface area contributed by atoms with E-state index < -0.39 is 11.0 Å². The van der Waals surface area contributed by atoms with E-state index in [2.05, 4.69) is 11.5 Å². The molecule has 1 aliphatic heterocycles. The Morgan fingerprint density at radius 1 is 1.38 bits per heavy atom. The molecule has 4 rings (SSSR count). The zero-order valence-electron chi connectivity index (χ0n) is 18.6. The van der Waals surface area contributed by atoms with Crippen LogP contribution in [0.3, 0.4) is 0 Å². The number of β-amino-alcohol motifs (C(OH)–C–C–N with tert-alkyl or cyclic N) is 1. The molecule has 1 saturated heterocycles. The Labute approximate surface area is 189 Å². The van der Waals surface area contributed by atoms with Gasteiger partial charge in [-0.15, -0.1) is 6.58 Å². The van der Waals surface area contributed by atoms with E-state index in [-0.39, 0.29) is 17.7 Å². The lowest BCUT2D eigenvalue weighted by Gasteiger charge is -2.58.